The molecule has 0 aliphatic heterocycles. The van der Waals surface area contributed by atoms with Gasteiger partial charge in [0.2, 0.25) is 0 Å². The minimum Gasteiger partial charge on any atom is -0.508 e. The van der Waals surface area contributed by atoms with Crippen molar-refractivity contribution in [2.24, 2.45) is 0 Å². The number of anilines is 1. The van der Waals surface area contributed by atoms with Gasteiger partial charge < -0.3 is 10.0 Å². The van der Waals surface area contributed by atoms with E-state index in [0.29, 0.717) is 11.3 Å². The molecule has 2 aromatic rings. The summed E-state index contributed by atoms with van der Waals surface area (Å²) in [4.78, 5) is 17.5. The standard InChI is InChI=1S/C14H11N3O2/c1-17(11-3-2-4-12(18)7-11)14(19)13-6-5-10(8-15)9-16-13/h2-7,9,18H,1H3. The van der Waals surface area contributed by atoms with Gasteiger partial charge in [-0.1, -0.05) is 6.07 Å². The number of phenolic OH excluding ortho intramolecular Hbond substituents is 1. The molecular formula is C14H11N3O2. The Balaban J connectivity index is 2.26. The molecule has 19 heavy (non-hydrogen) atoms. The smallest absolute Gasteiger partial charge is 0.276 e. The van der Waals surface area contributed by atoms with Crippen molar-refractivity contribution in [1.29, 1.82) is 5.26 Å². The highest BCUT2D eigenvalue weighted by Crippen LogP contribution is 2.20. The van der Waals surface area contributed by atoms with Crippen LogP contribution in [0.4, 0.5) is 5.69 Å². The molecule has 0 fully saturated rings. The molecule has 0 aliphatic rings. The van der Waals surface area contributed by atoms with Crippen molar-refractivity contribution in [3.8, 4) is 11.8 Å². The molecule has 0 unspecified atom stereocenters. The number of phenols is 1. The lowest BCUT2D eigenvalue weighted by Gasteiger charge is -2.16. The Bertz CT molecular complexity index is 644. The minimum absolute atomic E-state index is 0.0879. The van der Waals surface area contributed by atoms with Crippen LogP contribution in [0.3, 0.4) is 0 Å². The van der Waals surface area contributed by atoms with Crippen LogP contribution in [-0.4, -0.2) is 23.0 Å². The summed E-state index contributed by atoms with van der Waals surface area (Å²) in [5.41, 5.74) is 1.21. The number of benzene rings is 1. The van der Waals surface area contributed by atoms with Gasteiger partial charge in [0, 0.05) is 25.0 Å². The molecule has 2 rings (SSSR count). The van der Waals surface area contributed by atoms with Crippen LogP contribution in [0.5, 0.6) is 5.75 Å². The summed E-state index contributed by atoms with van der Waals surface area (Å²) in [5.74, 6) is -0.222. The summed E-state index contributed by atoms with van der Waals surface area (Å²) in [6, 6.07) is 11.4. The van der Waals surface area contributed by atoms with Gasteiger partial charge in [-0.15, -0.1) is 0 Å². The summed E-state index contributed by atoms with van der Waals surface area (Å²) >= 11 is 0. The zero-order chi connectivity index (χ0) is 13.8. The van der Waals surface area contributed by atoms with Gasteiger partial charge in [-0.25, -0.2) is 4.98 Å². The Morgan fingerprint density at radius 2 is 2.16 bits per heavy atom. The van der Waals surface area contributed by atoms with Crippen molar-refractivity contribution in [2.75, 3.05) is 11.9 Å². The minimum atomic E-state index is -0.310. The fourth-order valence-corrected chi connectivity index (χ4v) is 1.58. The molecule has 5 heteroatoms. The van der Waals surface area contributed by atoms with E-state index in [1.807, 2.05) is 6.07 Å². The number of amides is 1. The maximum absolute atomic E-state index is 12.2. The number of rotatable bonds is 2. The van der Waals surface area contributed by atoms with Gasteiger partial charge in [0.25, 0.3) is 5.91 Å². The maximum Gasteiger partial charge on any atom is 0.276 e. The lowest BCUT2D eigenvalue weighted by Crippen LogP contribution is -2.26. The van der Waals surface area contributed by atoms with Crippen molar-refractivity contribution < 1.29 is 9.90 Å². The van der Waals surface area contributed by atoms with E-state index in [1.165, 1.54) is 35.4 Å². The molecule has 5 nitrogen and oxygen atoms in total. The third-order valence-electron chi connectivity index (χ3n) is 2.63. The highest BCUT2D eigenvalue weighted by Gasteiger charge is 2.14. The summed E-state index contributed by atoms with van der Waals surface area (Å²) in [6.07, 6.45) is 1.35. The van der Waals surface area contributed by atoms with Crippen molar-refractivity contribution in [3.05, 3.63) is 53.9 Å². The fourth-order valence-electron chi connectivity index (χ4n) is 1.58. The van der Waals surface area contributed by atoms with Crippen LogP contribution in [0.1, 0.15) is 16.1 Å². The van der Waals surface area contributed by atoms with Gasteiger partial charge >= 0.3 is 0 Å². The molecule has 0 bridgehead atoms. The van der Waals surface area contributed by atoms with Crippen molar-refractivity contribution in [1.82, 2.24) is 4.98 Å². The zero-order valence-corrected chi connectivity index (χ0v) is 10.2. The number of aromatic nitrogens is 1. The number of hydrogen-bond donors (Lipinski definition) is 1. The first-order valence-corrected chi connectivity index (χ1v) is 5.55. The van der Waals surface area contributed by atoms with E-state index in [0.717, 1.165) is 0 Å². The SMILES string of the molecule is CN(C(=O)c1ccc(C#N)cn1)c1cccc(O)c1. The van der Waals surface area contributed by atoms with E-state index in [2.05, 4.69) is 4.98 Å². The molecule has 0 saturated heterocycles. The molecular weight excluding hydrogens is 242 g/mol. The molecule has 1 aromatic carbocycles. The van der Waals surface area contributed by atoms with Crippen molar-refractivity contribution >= 4 is 11.6 Å². The van der Waals surface area contributed by atoms with E-state index in [1.54, 1.807) is 19.2 Å². The Hall–Kier alpha value is -2.87. The van der Waals surface area contributed by atoms with Crippen molar-refractivity contribution in [3.63, 3.8) is 0 Å². The van der Waals surface area contributed by atoms with Crippen LogP contribution < -0.4 is 4.90 Å². The number of carbonyl (C=O) groups excluding carboxylic acids is 1. The maximum atomic E-state index is 12.2. The first-order chi connectivity index (χ1) is 9.11. The Kier molecular flexibility index (Phi) is 3.44. The monoisotopic (exact) mass is 253 g/mol. The quantitative estimate of drug-likeness (QED) is 0.887. The summed E-state index contributed by atoms with van der Waals surface area (Å²) < 4.78 is 0. The number of pyridine rings is 1. The third kappa shape index (κ3) is 2.69. The lowest BCUT2D eigenvalue weighted by molar-refractivity contribution is 0.0988. The molecule has 94 valence electrons. The van der Waals surface area contributed by atoms with E-state index >= 15 is 0 Å². The van der Waals surface area contributed by atoms with E-state index < -0.39 is 0 Å². The first kappa shape index (κ1) is 12.6. The highest BCUT2D eigenvalue weighted by molar-refractivity contribution is 6.04. The third-order valence-corrected chi connectivity index (χ3v) is 2.63. The molecule has 0 spiro atoms. The largest absolute Gasteiger partial charge is 0.508 e. The van der Waals surface area contributed by atoms with Crippen molar-refractivity contribution in [2.45, 2.75) is 0 Å². The van der Waals surface area contributed by atoms with Gasteiger partial charge in [0.1, 0.15) is 17.5 Å². The molecule has 0 aliphatic carbocycles. The van der Waals surface area contributed by atoms with Gasteiger partial charge in [0.15, 0.2) is 0 Å². The molecule has 0 radical (unpaired) electrons. The molecule has 1 aromatic heterocycles. The second-order valence-corrected chi connectivity index (χ2v) is 3.93. The van der Waals surface area contributed by atoms with Crippen LogP contribution >= 0.6 is 0 Å². The van der Waals surface area contributed by atoms with Crippen LogP contribution in [0.2, 0.25) is 0 Å². The number of nitriles is 1. The van der Waals surface area contributed by atoms with E-state index in [-0.39, 0.29) is 17.4 Å². The van der Waals surface area contributed by atoms with E-state index in [9.17, 15) is 9.90 Å². The van der Waals surface area contributed by atoms with Crippen LogP contribution in [0, 0.1) is 11.3 Å². The van der Waals surface area contributed by atoms with Gasteiger partial charge in [-0.2, -0.15) is 5.26 Å². The average Bonchev–Trinajstić information content (AvgIpc) is 2.46. The lowest BCUT2D eigenvalue weighted by atomic mass is 10.2. The normalized spacial score (nSPS) is 9.68. The predicted octanol–water partition coefficient (Wildman–Crippen LogP) is 1.94. The number of carbonyl (C=O) groups is 1. The Labute approximate surface area is 110 Å². The van der Waals surface area contributed by atoms with Gasteiger partial charge in [-0.3, -0.25) is 4.79 Å². The Morgan fingerprint density at radius 1 is 1.37 bits per heavy atom. The summed E-state index contributed by atoms with van der Waals surface area (Å²) in [5, 5.41) is 18.1. The second kappa shape index (κ2) is 5.19. The topological polar surface area (TPSA) is 77.2 Å². The van der Waals surface area contributed by atoms with Gasteiger partial charge in [0.05, 0.1) is 5.56 Å². The molecule has 1 N–H and O–H groups in total. The number of hydrogen-bond acceptors (Lipinski definition) is 4. The van der Waals surface area contributed by atoms with Crippen LogP contribution in [0.25, 0.3) is 0 Å². The average molecular weight is 253 g/mol. The first-order valence-electron chi connectivity index (χ1n) is 5.55. The predicted molar refractivity (Wildman–Crippen MR) is 69.8 cm³/mol. The molecule has 1 amide bonds. The molecule has 1 heterocycles. The van der Waals surface area contributed by atoms with E-state index in [4.69, 9.17) is 5.26 Å². The van der Waals surface area contributed by atoms with Crippen LogP contribution in [-0.2, 0) is 0 Å². The highest BCUT2D eigenvalue weighted by atomic mass is 16.3. The second-order valence-electron chi connectivity index (χ2n) is 3.93. The Morgan fingerprint density at radius 3 is 2.74 bits per heavy atom. The van der Waals surface area contributed by atoms with Crippen LogP contribution in [0.15, 0.2) is 42.6 Å². The number of nitrogens with zero attached hydrogens (tertiary/aromatic N) is 3. The molecule has 0 saturated carbocycles. The summed E-state index contributed by atoms with van der Waals surface area (Å²) in [7, 11) is 1.59. The molecule has 0 atom stereocenters. The van der Waals surface area contributed by atoms with Gasteiger partial charge in [-0.05, 0) is 24.3 Å². The summed E-state index contributed by atoms with van der Waals surface area (Å²) in [6.45, 7) is 0. The zero-order valence-electron chi connectivity index (χ0n) is 10.2. The fraction of sp³-hybridized carbons (Fsp3) is 0.0714. The number of aromatic hydroxyl groups is 1.